The summed E-state index contributed by atoms with van der Waals surface area (Å²) in [6, 6.07) is 5.82. The molecule has 3 rings (SSSR count). The zero-order valence-corrected chi connectivity index (χ0v) is 12.3. The number of aryl methyl sites for hydroxylation is 1. The minimum absolute atomic E-state index is 0.00909. The van der Waals surface area contributed by atoms with E-state index in [-0.39, 0.29) is 5.54 Å². The first-order valence-corrected chi connectivity index (χ1v) is 7.13. The Morgan fingerprint density at radius 2 is 2.24 bits per heavy atom. The third kappa shape index (κ3) is 2.23. The molecule has 1 heterocycles. The Hall–Kier alpha value is -2.14. The molecule has 2 N–H and O–H groups in total. The van der Waals surface area contributed by atoms with E-state index in [2.05, 4.69) is 9.88 Å². The lowest BCUT2D eigenvalue weighted by atomic mass is 9.76. The number of rotatable bonds is 4. The Labute approximate surface area is 123 Å². The number of fused-ring (bicyclic) bond motifs is 1. The van der Waals surface area contributed by atoms with Crippen molar-refractivity contribution in [3.05, 3.63) is 35.7 Å². The summed E-state index contributed by atoms with van der Waals surface area (Å²) in [5.74, 6) is 0.120. The van der Waals surface area contributed by atoms with Crippen molar-refractivity contribution in [2.75, 3.05) is 7.05 Å². The molecule has 2 aromatic rings. The summed E-state index contributed by atoms with van der Waals surface area (Å²) in [6.45, 7) is 0. The van der Waals surface area contributed by atoms with E-state index in [1.807, 2.05) is 32.3 Å². The lowest BCUT2D eigenvalue weighted by Crippen LogP contribution is -2.47. The van der Waals surface area contributed by atoms with Crippen LogP contribution < -0.4 is 5.32 Å². The fourth-order valence-corrected chi connectivity index (χ4v) is 3.02. The minimum atomic E-state index is -0.940. The van der Waals surface area contributed by atoms with Crippen LogP contribution in [-0.2, 0) is 17.4 Å². The first-order chi connectivity index (χ1) is 10.1. The third-order valence-electron chi connectivity index (χ3n) is 4.44. The number of benzene rings is 1. The van der Waals surface area contributed by atoms with Crippen molar-refractivity contribution >= 4 is 23.1 Å². The van der Waals surface area contributed by atoms with Gasteiger partial charge < -0.3 is 15.0 Å². The van der Waals surface area contributed by atoms with Crippen molar-refractivity contribution in [1.82, 2.24) is 14.9 Å². The second kappa shape index (κ2) is 5.00. The number of nitrogens with zero attached hydrogens (tertiary/aromatic N) is 2. The number of hydrogen-bond donors (Lipinski definition) is 2. The zero-order chi connectivity index (χ0) is 15.0. The maximum Gasteiger partial charge on any atom is 0.328 e. The van der Waals surface area contributed by atoms with Crippen LogP contribution in [0.4, 0.5) is 0 Å². The highest BCUT2D eigenvalue weighted by atomic mass is 16.4. The van der Waals surface area contributed by atoms with E-state index >= 15 is 0 Å². The van der Waals surface area contributed by atoms with Crippen molar-refractivity contribution in [2.24, 2.45) is 7.05 Å². The molecular formula is C16H19N3O2. The Morgan fingerprint density at radius 3 is 2.81 bits per heavy atom. The highest BCUT2D eigenvalue weighted by Gasteiger charge is 2.40. The number of carboxylic acids is 1. The van der Waals surface area contributed by atoms with Gasteiger partial charge in [-0.3, -0.25) is 0 Å². The molecule has 1 aromatic carbocycles. The van der Waals surface area contributed by atoms with Crippen molar-refractivity contribution < 1.29 is 9.90 Å². The largest absolute Gasteiger partial charge is 0.478 e. The number of imidazole rings is 1. The molecule has 5 heteroatoms. The van der Waals surface area contributed by atoms with E-state index in [1.54, 1.807) is 6.08 Å². The molecule has 0 radical (unpaired) electrons. The van der Waals surface area contributed by atoms with Crippen LogP contribution in [0.2, 0.25) is 0 Å². The number of aromatic nitrogens is 2. The maximum absolute atomic E-state index is 10.6. The molecule has 0 aliphatic heterocycles. The fraction of sp³-hybridized carbons (Fsp3) is 0.375. The molecular weight excluding hydrogens is 266 g/mol. The van der Waals surface area contributed by atoms with Gasteiger partial charge in [0.15, 0.2) is 0 Å². The highest BCUT2D eigenvalue weighted by molar-refractivity contribution is 5.87. The molecule has 1 aromatic heterocycles. The zero-order valence-electron chi connectivity index (χ0n) is 12.3. The van der Waals surface area contributed by atoms with Crippen LogP contribution in [0.25, 0.3) is 17.1 Å². The van der Waals surface area contributed by atoms with Crippen molar-refractivity contribution in [3.8, 4) is 0 Å². The summed E-state index contributed by atoms with van der Waals surface area (Å²) in [6.07, 6.45) is 6.18. The van der Waals surface area contributed by atoms with Crippen LogP contribution in [0.3, 0.4) is 0 Å². The van der Waals surface area contributed by atoms with Crippen LogP contribution in [0.1, 0.15) is 30.7 Å². The summed E-state index contributed by atoms with van der Waals surface area (Å²) in [5, 5.41) is 12.1. The van der Waals surface area contributed by atoms with Gasteiger partial charge >= 0.3 is 5.97 Å². The molecule has 1 aliphatic carbocycles. The third-order valence-corrected chi connectivity index (χ3v) is 4.44. The van der Waals surface area contributed by atoms with Crippen LogP contribution in [0.15, 0.2) is 24.3 Å². The van der Waals surface area contributed by atoms with Crippen LogP contribution >= 0.6 is 0 Å². The Kier molecular flexibility index (Phi) is 3.29. The lowest BCUT2D eigenvalue weighted by Gasteiger charge is -2.40. The predicted molar refractivity (Wildman–Crippen MR) is 82.0 cm³/mol. The van der Waals surface area contributed by atoms with Crippen molar-refractivity contribution in [2.45, 2.75) is 24.8 Å². The Morgan fingerprint density at radius 1 is 1.48 bits per heavy atom. The van der Waals surface area contributed by atoms with Gasteiger partial charge in [0.25, 0.3) is 0 Å². The molecule has 1 saturated carbocycles. The summed E-state index contributed by atoms with van der Waals surface area (Å²) in [4.78, 5) is 15.4. The molecule has 1 aliphatic rings. The van der Waals surface area contributed by atoms with Crippen molar-refractivity contribution in [1.29, 1.82) is 0 Å². The second-order valence-electron chi connectivity index (χ2n) is 5.60. The van der Waals surface area contributed by atoms with E-state index in [0.29, 0.717) is 0 Å². The molecule has 0 amide bonds. The summed E-state index contributed by atoms with van der Waals surface area (Å²) >= 11 is 0. The average Bonchev–Trinajstić information content (AvgIpc) is 2.74. The number of hydrogen-bond acceptors (Lipinski definition) is 3. The van der Waals surface area contributed by atoms with Gasteiger partial charge in [0.05, 0.1) is 16.6 Å². The van der Waals surface area contributed by atoms with Gasteiger partial charge in [-0.15, -0.1) is 0 Å². The summed E-state index contributed by atoms with van der Waals surface area (Å²) in [7, 11) is 4.01. The number of carbonyl (C=O) groups is 1. The SMILES string of the molecule is CNC1(c2nc3ccc(/C=C/C(=O)O)cc3n2C)CCC1. The van der Waals surface area contributed by atoms with E-state index in [0.717, 1.165) is 41.3 Å². The first-order valence-electron chi connectivity index (χ1n) is 7.13. The smallest absolute Gasteiger partial charge is 0.328 e. The molecule has 0 spiro atoms. The monoisotopic (exact) mass is 285 g/mol. The minimum Gasteiger partial charge on any atom is -0.478 e. The number of nitrogens with one attached hydrogen (secondary N) is 1. The molecule has 21 heavy (non-hydrogen) atoms. The van der Waals surface area contributed by atoms with E-state index in [4.69, 9.17) is 10.1 Å². The summed E-state index contributed by atoms with van der Waals surface area (Å²) in [5.41, 5.74) is 2.83. The Bertz CT molecular complexity index is 721. The second-order valence-corrected chi connectivity index (χ2v) is 5.60. The van der Waals surface area contributed by atoms with Crippen LogP contribution in [0.5, 0.6) is 0 Å². The van der Waals surface area contributed by atoms with E-state index in [1.165, 1.54) is 6.42 Å². The molecule has 0 saturated heterocycles. The van der Waals surface area contributed by atoms with Gasteiger partial charge in [-0.25, -0.2) is 9.78 Å². The number of aliphatic carboxylic acids is 1. The standard InChI is InChI=1S/C16H19N3O2/c1-17-16(8-3-9-16)15-18-12-6-4-11(5-7-14(20)21)10-13(12)19(15)2/h4-7,10,17H,3,8-9H2,1-2H3,(H,20,21)/b7-5+. The van der Waals surface area contributed by atoms with Gasteiger partial charge in [0.2, 0.25) is 0 Å². The highest BCUT2D eigenvalue weighted by Crippen LogP contribution is 2.41. The maximum atomic E-state index is 10.6. The molecule has 110 valence electrons. The van der Waals surface area contributed by atoms with Crippen LogP contribution in [-0.4, -0.2) is 27.7 Å². The summed E-state index contributed by atoms with van der Waals surface area (Å²) < 4.78 is 2.11. The average molecular weight is 285 g/mol. The fourth-order valence-electron chi connectivity index (χ4n) is 3.02. The Balaban J connectivity index is 2.06. The molecule has 0 bridgehead atoms. The molecule has 5 nitrogen and oxygen atoms in total. The van der Waals surface area contributed by atoms with E-state index < -0.39 is 5.97 Å². The van der Waals surface area contributed by atoms with Gasteiger partial charge in [0, 0.05) is 13.1 Å². The predicted octanol–water partition coefficient (Wildman–Crippen LogP) is 2.27. The van der Waals surface area contributed by atoms with Gasteiger partial charge in [-0.1, -0.05) is 6.07 Å². The quantitative estimate of drug-likeness (QED) is 0.846. The molecule has 1 fully saturated rings. The lowest BCUT2D eigenvalue weighted by molar-refractivity contribution is -0.131. The van der Waals surface area contributed by atoms with Gasteiger partial charge in [-0.2, -0.15) is 0 Å². The molecule has 0 atom stereocenters. The van der Waals surface area contributed by atoms with Gasteiger partial charge in [-0.05, 0) is 50.1 Å². The number of carboxylic acid groups (broad SMARTS) is 1. The van der Waals surface area contributed by atoms with Gasteiger partial charge in [0.1, 0.15) is 5.82 Å². The first kappa shape index (κ1) is 13.8. The topological polar surface area (TPSA) is 67.2 Å². The normalized spacial score (nSPS) is 17.2. The van der Waals surface area contributed by atoms with Crippen molar-refractivity contribution in [3.63, 3.8) is 0 Å². The van der Waals surface area contributed by atoms with Crippen LogP contribution in [0, 0.1) is 0 Å². The van der Waals surface area contributed by atoms with E-state index in [9.17, 15) is 4.79 Å². The molecule has 0 unspecified atom stereocenters.